The summed E-state index contributed by atoms with van der Waals surface area (Å²) in [5.41, 5.74) is 2.06. The first-order chi connectivity index (χ1) is 12.3. The molecular weight excluding hydrogens is 332 g/mol. The molecule has 1 fully saturated rings. The standard InChI is InChI=1S/C18H28N6O2/c1-17(2)6-12(7-18(3,9-17)10-20-11-25)21-16(26)22-15-13-4-5-19-8-14(13)23-24-15/h12,19H,4-10H2,1-3H3,(H3,21,22,23,24,26). The Morgan fingerprint density at radius 3 is 2.96 bits per heavy atom. The number of urea groups is 1. The zero-order valence-corrected chi connectivity index (χ0v) is 15.7. The summed E-state index contributed by atoms with van der Waals surface area (Å²) in [5, 5.41) is 16.5. The molecule has 0 radical (unpaired) electrons. The summed E-state index contributed by atoms with van der Waals surface area (Å²) in [6, 6.07) is -0.205. The van der Waals surface area contributed by atoms with Crippen LogP contribution >= 0.6 is 0 Å². The Morgan fingerprint density at radius 2 is 2.19 bits per heavy atom. The highest BCUT2D eigenvalue weighted by Gasteiger charge is 2.41. The zero-order valence-electron chi connectivity index (χ0n) is 15.7. The molecule has 8 heteroatoms. The number of amides is 2. The van der Waals surface area contributed by atoms with Crippen molar-refractivity contribution >= 4 is 17.9 Å². The molecule has 1 aromatic rings. The van der Waals surface area contributed by atoms with E-state index in [0.717, 1.165) is 50.0 Å². The fraction of sp³-hybridized carbons (Fsp3) is 0.722. The van der Waals surface area contributed by atoms with Crippen LogP contribution in [0.25, 0.3) is 0 Å². The molecule has 0 saturated heterocycles. The summed E-state index contributed by atoms with van der Waals surface area (Å²) in [6.07, 6.45) is 5.13. The predicted molar refractivity (Wildman–Crippen MR) is 98.7 cm³/mol. The number of aromatic nitrogens is 2. The van der Waals surface area contributed by atoms with Gasteiger partial charge in [0.25, 0.3) is 0 Å². The average molecular weight is 360 g/mol. The summed E-state index contributed by atoms with van der Waals surface area (Å²) in [7, 11) is 0. The quantitative estimate of drug-likeness (QED) is 0.487. The Kier molecular flexibility index (Phi) is 5.16. The van der Waals surface area contributed by atoms with E-state index in [1.54, 1.807) is 6.08 Å². The SMILES string of the molecule is CC1(C)CC(NC(=O)Nc2n[nH]c3c2CCNC3)CC(C)(CN=C=O)C1. The van der Waals surface area contributed by atoms with E-state index in [2.05, 4.69) is 51.9 Å². The molecule has 2 heterocycles. The molecule has 2 atom stereocenters. The van der Waals surface area contributed by atoms with Crippen LogP contribution in [0.1, 0.15) is 51.3 Å². The zero-order chi connectivity index (χ0) is 18.8. The first-order valence-corrected chi connectivity index (χ1v) is 9.18. The highest BCUT2D eigenvalue weighted by Crippen LogP contribution is 2.46. The third-order valence-corrected chi connectivity index (χ3v) is 5.34. The fourth-order valence-electron chi connectivity index (χ4n) is 4.76. The number of hydrogen-bond acceptors (Lipinski definition) is 5. The van der Waals surface area contributed by atoms with Crippen molar-refractivity contribution in [2.24, 2.45) is 15.8 Å². The summed E-state index contributed by atoms with van der Waals surface area (Å²) in [6.45, 7) is 8.59. The van der Waals surface area contributed by atoms with Crippen LogP contribution in [-0.4, -0.2) is 41.4 Å². The van der Waals surface area contributed by atoms with Crippen molar-refractivity contribution in [1.29, 1.82) is 0 Å². The summed E-state index contributed by atoms with van der Waals surface area (Å²) in [5.74, 6) is 0.613. The van der Waals surface area contributed by atoms with Crippen LogP contribution in [0.3, 0.4) is 0 Å². The number of carbonyl (C=O) groups excluding carboxylic acids is 2. The smallest absolute Gasteiger partial charge is 0.320 e. The van der Waals surface area contributed by atoms with Gasteiger partial charge in [0.2, 0.25) is 6.08 Å². The molecular formula is C18H28N6O2. The molecule has 1 aromatic heterocycles. The molecule has 2 aliphatic rings. The van der Waals surface area contributed by atoms with Crippen molar-refractivity contribution in [3.8, 4) is 0 Å². The van der Waals surface area contributed by atoms with Crippen LogP contribution in [0.2, 0.25) is 0 Å². The van der Waals surface area contributed by atoms with Crippen LogP contribution in [0, 0.1) is 10.8 Å². The molecule has 2 amide bonds. The van der Waals surface area contributed by atoms with Gasteiger partial charge < -0.3 is 10.6 Å². The van der Waals surface area contributed by atoms with E-state index in [1.165, 1.54) is 0 Å². The molecule has 4 N–H and O–H groups in total. The molecule has 1 aliphatic carbocycles. The Hall–Kier alpha value is -2.18. The lowest BCUT2D eigenvalue weighted by atomic mass is 9.62. The largest absolute Gasteiger partial charge is 0.335 e. The van der Waals surface area contributed by atoms with Gasteiger partial charge in [-0.1, -0.05) is 20.8 Å². The molecule has 1 saturated carbocycles. The Balaban J connectivity index is 1.64. The number of H-pyrrole nitrogens is 1. The van der Waals surface area contributed by atoms with Gasteiger partial charge in [-0.3, -0.25) is 10.4 Å². The maximum Gasteiger partial charge on any atom is 0.320 e. The molecule has 142 valence electrons. The minimum Gasteiger partial charge on any atom is -0.335 e. The topological polar surface area (TPSA) is 111 Å². The van der Waals surface area contributed by atoms with Gasteiger partial charge in [0.1, 0.15) is 0 Å². The number of carbonyl (C=O) groups is 1. The van der Waals surface area contributed by atoms with E-state index in [1.807, 2.05) is 0 Å². The van der Waals surface area contributed by atoms with Gasteiger partial charge in [0.05, 0.1) is 12.2 Å². The van der Waals surface area contributed by atoms with Crippen LogP contribution in [0.15, 0.2) is 4.99 Å². The molecule has 8 nitrogen and oxygen atoms in total. The maximum atomic E-state index is 12.5. The van der Waals surface area contributed by atoms with Gasteiger partial charge in [0.15, 0.2) is 5.82 Å². The number of fused-ring (bicyclic) bond motifs is 1. The summed E-state index contributed by atoms with van der Waals surface area (Å²) in [4.78, 5) is 26.8. The van der Waals surface area contributed by atoms with E-state index < -0.39 is 0 Å². The first kappa shape index (κ1) is 18.6. The van der Waals surface area contributed by atoms with Crippen LogP contribution < -0.4 is 16.0 Å². The van der Waals surface area contributed by atoms with Crippen molar-refractivity contribution in [3.05, 3.63) is 11.3 Å². The van der Waals surface area contributed by atoms with Crippen molar-refractivity contribution in [1.82, 2.24) is 20.8 Å². The van der Waals surface area contributed by atoms with Crippen molar-refractivity contribution in [3.63, 3.8) is 0 Å². The van der Waals surface area contributed by atoms with E-state index in [-0.39, 0.29) is 22.9 Å². The van der Waals surface area contributed by atoms with E-state index in [9.17, 15) is 9.59 Å². The third-order valence-electron chi connectivity index (χ3n) is 5.34. The minimum atomic E-state index is -0.234. The van der Waals surface area contributed by atoms with Crippen molar-refractivity contribution in [2.75, 3.05) is 18.4 Å². The van der Waals surface area contributed by atoms with E-state index >= 15 is 0 Å². The number of aliphatic imine (C=N–C) groups is 1. The van der Waals surface area contributed by atoms with Gasteiger partial charge >= 0.3 is 6.03 Å². The number of anilines is 1. The van der Waals surface area contributed by atoms with E-state index in [0.29, 0.717) is 12.4 Å². The molecule has 1 aliphatic heterocycles. The second-order valence-electron chi connectivity index (χ2n) is 8.72. The highest BCUT2D eigenvalue weighted by atomic mass is 16.2. The number of hydrogen-bond donors (Lipinski definition) is 4. The second-order valence-corrected chi connectivity index (χ2v) is 8.72. The lowest BCUT2D eigenvalue weighted by Crippen LogP contribution is -2.49. The predicted octanol–water partition coefficient (Wildman–Crippen LogP) is 2.10. The van der Waals surface area contributed by atoms with Crippen molar-refractivity contribution < 1.29 is 9.59 Å². The minimum absolute atomic E-state index is 0.0297. The van der Waals surface area contributed by atoms with Gasteiger partial charge in [-0.2, -0.15) is 5.10 Å². The molecule has 3 rings (SSSR count). The lowest BCUT2D eigenvalue weighted by molar-refractivity contribution is 0.0815. The average Bonchev–Trinajstić information content (AvgIpc) is 2.94. The monoisotopic (exact) mass is 360 g/mol. The van der Waals surface area contributed by atoms with Gasteiger partial charge in [-0.05, 0) is 43.1 Å². The Bertz CT molecular complexity index is 721. The molecule has 0 bridgehead atoms. The normalized spacial score (nSPS) is 27.1. The molecule has 2 unspecified atom stereocenters. The summed E-state index contributed by atoms with van der Waals surface area (Å²) < 4.78 is 0. The molecule has 0 spiro atoms. The highest BCUT2D eigenvalue weighted by molar-refractivity contribution is 5.89. The number of rotatable bonds is 4. The number of nitrogens with zero attached hydrogens (tertiary/aromatic N) is 2. The first-order valence-electron chi connectivity index (χ1n) is 9.18. The number of isocyanates is 1. The molecule has 26 heavy (non-hydrogen) atoms. The fourth-order valence-corrected chi connectivity index (χ4v) is 4.76. The maximum absolute atomic E-state index is 12.5. The number of nitrogens with one attached hydrogen (secondary N) is 4. The van der Waals surface area contributed by atoms with Gasteiger partial charge in [-0.15, -0.1) is 0 Å². The van der Waals surface area contributed by atoms with Crippen LogP contribution in [0.5, 0.6) is 0 Å². The van der Waals surface area contributed by atoms with Gasteiger partial charge in [0, 0.05) is 18.2 Å². The van der Waals surface area contributed by atoms with Crippen LogP contribution in [0.4, 0.5) is 10.6 Å². The molecule has 0 aromatic carbocycles. The summed E-state index contributed by atoms with van der Waals surface area (Å²) >= 11 is 0. The van der Waals surface area contributed by atoms with Gasteiger partial charge in [-0.25, -0.2) is 14.6 Å². The van der Waals surface area contributed by atoms with Crippen LogP contribution in [-0.2, 0) is 17.8 Å². The van der Waals surface area contributed by atoms with Crippen molar-refractivity contribution in [2.45, 2.75) is 59.0 Å². The Labute approximate surface area is 153 Å². The van der Waals surface area contributed by atoms with E-state index in [4.69, 9.17) is 0 Å². The number of aromatic amines is 1. The Morgan fingerprint density at radius 1 is 1.38 bits per heavy atom. The lowest BCUT2D eigenvalue weighted by Gasteiger charge is -2.46. The third kappa shape index (κ3) is 4.31. The second kappa shape index (κ2) is 7.21.